The van der Waals surface area contributed by atoms with Gasteiger partial charge in [0.1, 0.15) is 0 Å². The van der Waals surface area contributed by atoms with Crippen molar-refractivity contribution in [3.05, 3.63) is 68.2 Å². The highest BCUT2D eigenvalue weighted by Crippen LogP contribution is 2.33. The third kappa shape index (κ3) is 3.24. The third-order valence-electron chi connectivity index (χ3n) is 3.03. The van der Waals surface area contributed by atoms with E-state index in [0.717, 1.165) is 21.7 Å². The molecular formula is C15H14Cl3N. The topological polar surface area (TPSA) is 12.0 Å². The summed E-state index contributed by atoms with van der Waals surface area (Å²) in [6, 6.07) is 11.4. The van der Waals surface area contributed by atoms with Crippen LogP contribution in [0.2, 0.25) is 15.1 Å². The van der Waals surface area contributed by atoms with Crippen LogP contribution in [-0.2, 0) is 0 Å². The summed E-state index contributed by atoms with van der Waals surface area (Å²) in [5.41, 5.74) is 3.09. The first-order valence-electron chi connectivity index (χ1n) is 5.91. The standard InChI is InChI=1S/C15H14Cl3N/c1-9-3-5-11(13(17)7-9)15(19-2)12-6-4-10(16)8-14(12)18/h3-8,15,19H,1-2H3. The molecule has 0 saturated carbocycles. The molecule has 1 N–H and O–H groups in total. The molecule has 0 bridgehead atoms. The summed E-state index contributed by atoms with van der Waals surface area (Å²) < 4.78 is 0. The van der Waals surface area contributed by atoms with Gasteiger partial charge >= 0.3 is 0 Å². The average Bonchev–Trinajstić information content (AvgIpc) is 2.34. The van der Waals surface area contributed by atoms with Crippen LogP contribution in [0.4, 0.5) is 0 Å². The highest BCUT2D eigenvalue weighted by Gasteiger charge is 2.18. The Bertz CT molecular complexity index is 544. The molecule has 1 atom stereocenters. The quantitative estimate of drug-likeness (QED) is 0.814. The molecule has 19 heavy (non-hydrogen) atoms. The van der Waals surface area contributed by atoms with Crippen LogP contribution in [0.15, 0.2) is 36.4 Å². The first-order valence-corrected chi connectivity index (χ1v) is 7.04. The van der Waals surface area contributed by atoms with Gasteiger partial charge in [0.15, 0.2) is 0 Å². The molecular weight excluding hydrogens is 301 g/mol. The van der Waals surface area contributed by atoms with E-state index in [9.17, 15) is 0 Å². The molecule has 0 spiro atoms. The Labute approximate surface area is 128 Å². The van der Waals surface area contributed by atoms with Crippen LogP contribution in [-0.4, -0.2) is 7.05 Å². The summed E-state index contributed by atoms with van der Waals surface area (Å²) in [4.78, 5) is 0. The molecule has 0 fully saturated rings. The number of benzene rings is 2. The largest absolute Gasteiger partial charge is 0.309 e. The van der Waals surface area contributed by atoms with Gasteiger partial charge in [0.2, 0.25) is 0 Å². The number of hydrogen-bond donors (Lipinski definition) is 1. The van der Waals surface area contributed by atoms with Crippen molar-refractivity contribution in [1.29, 1.82) is 0 Å². The zero-order valence-electron chi connectivity index (χ0n) is 10.7. The maximum Gasteiger partial charge on any atom is 0.0603 e. The molecule has 0 radical (unpaired) electrons. The molecule has 0 saturated heterocycles. The fourth-order valence-electron chi connectivity index (χ4n) is 2.08. The predicted octanol–water partition coefficient (Wildman–Crippen LogP) is 5.26. The van der Waals surface area contributed by atoms with E-state index in [1.807, 2.05) is 44.3 Å². The summed E-state index contributed by atoms with van der Waals surface area (Å²) >= 11 is 18.5. The van der Waals surface area contributed by atoms with Gasteiger partial charge in [-0.15, -0.1) is 0 Å². The average molecular weight is 315 g/mol. The van der Waals surface area contributed by atoms with Crippen LogP contribution in [0.25, 0.3) is 0 Å². The number of aryl methyl sites for hydroxylation is 1. The summed E-state index contributed by atoms with van der Waals surface area (Å²) in [6.07, 6.45) is 0. The first kappa shape index (κ1) is 14.7. The highest BCUT2D eigenvalue weighted by atomic mass is 35.5. The molecule has 0 aliphatic carbocycles. The monoisotopic (exact) mass is 313 g/mol. The molecule has 1 nitrogen and oxygen atoms in total. The van der Waals surface area contributed by atoms with Gasteiger partial charge in [0.25, 0.3) is 0 Å². The van der Waals surface area contributed by atoms with Gasteiger partial charge in [0.05, 0.1) is 6.04 Å². The Morgan fingerprint density at radius 1 is 0.895 bits per heavy atom. The van der Waals surface area contributed by atoms with Gasteiger partial charge in [-0.3, -0.25) is 0 Å². The smallest absolute Gasteiger partial charge is 0.0603 e. The van der Waals surface area contributed by atoms with Crippen molar-refractivity contribution in [1.82, 2.24) is 5.32 Å². The van der Waals surface area contributed by atoms with Gasteiger partial charge < -0.3 is 5.32 Å². The number of nitrogens with one attached hydrogen (secondary N) is 1. The SMILES string of the molecule is CNC(c1ccc(C)cc1Cl)c1ccc(Cl)cc1Cl. The van der Waals surface area contributed by atoms with Crippen molar-refractivity contribution in [3.8, 4) is 0 Å². The van der Waals surface area contributed by atoms with E-state index >= 15 is 0 Å². The fourth-order valence-corrected chi connectivity index (χ4v) is 2.94. The fraction of sp³-hybridized carbons (Fsp3) is 0.200. The summed E-state index contributed by atoms with van der Waals surface area (Å²) in [7, 11) is 1.88. The Morgan fingerprint density at radius 2 is 1.47 bits per heavy atom. The molecule has 2 aromatic rings. The highest BCUT2D eigenvalue weighted by molar-refractivity contribution is 6.35. The van der Waals surface area contributed by atoms with E-state index in [4.69, 9.17) is 34.8 Å². The summed E-state index contributed by atoms with van der Waals surface area (Å²) in [5, 5.41) is 5.22. The maximum atomic E-state index is 6.33. The van der Waals surface area contributed by atoms with E-state index in [2.05, 4.69) is 5.32 Å². The third-order valence-corrected chi connectivity index (χ3v) is 3.92. The van der Waals surface area contributed by atoms with E-state index in [0.29, 0.717) is 10.0 Å². The Morgan fingerprint density at radius 3 is 2.00 bits per heavy atom. The second kappa shape index (κ2) is 6.15. The zero-order chi connectivity index (χ0) is 14.0. The minimum absolute atomic E-state index is 0.0575. The molecule has 0 aliphatic rings. The lowest BCUT2D eigenvalue weighted by atomic mass is 9.98. The number of rotatable bonds is 3. The Hall–Kier alpha value is -0.730. The van der Waals surface area contributed by atoms with E-state index in [-0.39, 0.29) is 6.04 Å². The normalized spacial score (nSPS) is 12.5. The lowest BCUT2D eigenvalue weighted by Gasteiger charge is -2.20. The second-order valence-electron chi connectivity index (χ2n) is 4.41. The van der Waals surface area contributed by atoms with Crippen molar-refractivity contribution in [3.63, 3.8) is 0 Å². The summed E-state index contributed by atoms with van der Waals surface area (Å²) in [5.74, 6) is 0. The first-order chi connectivity index (χ1) is 9.02. The Kier molecular flexibility index (Phi) is 4.75. The molecule has 2 aromatic carbocycles. The van der Waals surface area contributed by atoms with Crippen molar-refractivity contribution in [2.75, 3.05) is 7.05 Å². The van der Waals surface area contributed by atoms with Crippen molar-refractivity contribution in [2.45, 2.75) is 13.0 Å². The second-order valence-corrected chi connectivity index (χ2v) is 5.66. The van der Waals surface area contributed by atoms with Crippen LogP contribution < -0.4 is 5.32 Å². The van der Waals surface area contributed by atoms with Crippen LogP contribution in [0.1, 0.15) is 22.7 Å². The van der Waals surface area contributed by atoms with Gasteiger partial charge in [-0.25, -0.2) is 0 Å². The van der Waals surface area contributed by atoms with Crippen molar-refractivity contribution < 1.29 is 0 Å². The van der Waals surface area contributed by atoms with E-state index in [1.54, 1.807) is 6.07 Å². The minimum Gasteiger partial charge on any atom is -0.309 e. The van der Waals surface area contributed by atoms with Gasteiger partial charge in [-0.2, -0.15) is 0 Å². The van der Waals surface area contributed by atoms with Crippen LogP contribution in [0, 0.1) is 6.92 Å². The summed E-state index contributed by atoms with van der Waals surface area (Å²) in [6.45, 7) is 2.01. The molecule has 0 aliphatic heterocycles. The number of hydrogen-bond acceptors (Lipinski definition) is 1. The predicted molar refractivity (Wildman–Crippen MR) is 83.6 cm³/mol. The molecule has 100 valence electrons. The maximum absolute atomic E-state index is 6.33. The van der Waals surface area contributed by atoms with Crippen molar-refractivity contribution in [2.24, 2.45) is 0 Å². The number of halogens is 3. The van der Waals surface area contributed by atoms with E-state index < -0.39 is 0 Å². The zero-order valence-corrected chi connectivity index (χ0v) is 12.9. The molecule has 1 unspecified atom stereocenters. The lowest BCUT2D eigenvalue weighted by molar-refractivity contribution is 0.692. The molecule has 0 aromatic heterocycles. The van der Waals surface area contributed by atoms with Crippen LogP contribution in [0.3, 0.4) is 0 Å². The van der Waals surface area contributed by atoms with Gasteiger partial charge in [0, 0.05) is 15.1 Å². The van der Waals surface area contributed by atoms with Crippen molar-refractivity contribution >= 4 is 34.8 Å². The lowest BCUT2D eigenvalue weighted by Crippen LogP contribution is -2.18. The molecule has 0 heterocycles. The van der Waals surface area contributed by atoms with Crippen LogP contribution in [0.5, 0.6) is 0 Å². The molecule has 2 rings (SSSR count). The minimum atomic E-state index is -0.0575. The van der Waals surface area contributed by atoms with E-state index in [1.165, 1.54) is 0 Å². The van der Waals surface area contributed by atoms with Gasteiger partial charge in [-0.1, -0.05) is 53.0 Å². The molecule has 0 amide bonds. The Balaban J connectivity index is 2.50. The molecule has 4 heteroatoms. The van der Waals surface area contributed by atoms with Gasteiger partial charge in [-0.05, 0) is 48.9 Å². The van der Waals surface area contributed by atoms with Crippen LogP contribution >= 0.6 is 34.8 Å².